The minimum absolute atomic E-state index is 0.0808. The number of hydrogen-bond acceptors (Lipinski definition) is 4. The van der Waals surface area contributed by atoms with E-state index in [4.69, 9.17) is 0 Å². The van der Waals surface area contributed by atoms with E-state index in [1.165, 1.54) is 31.9 Å². The van der Waals surface area contributed by atoms with Crippen LogP contribution in [0, 0.1) is 0 Å². The van der Waals surface area contributed by atoms with Gasteiger partial charge in [0, 0.05) is 38.4 Å². The van der Waals surface area contributed by atoms with Gasteiger partial charge in [0.15, 0.2) is 0 Å². The van der Waals surface area contributed by atoms with Crippen LogP contribution in [0.4, 0.5) is 4.79 Å². The van der Waals surface area contributed by atoms with Crippen LogP contribution in [0.5, 0.6) is 0 Å². The van der Waals surface area contributed by atoms with Crippen LogP contribution in [0.15, 0.2) is 0 Å². The Balaban J connectivity index is 1.98. The van der Waals surface area contributed by atoms with Crippen LogP contribution in [0.3, 0.4) is 0 Å². The molecule has 0 unspecified atom stereocenters. The number of nitrogens with zero attached hydrogens (tertiary/aromatic N) is 1. The summed E-state index contributed by atoms with van der Waals surface area (Å²) in [5, 5.41) is 9.03. The zero-order chi connectivity index (χ0) is 16.2. The van der Waals surface area contributed by atoms with E-state index in [-0.39, 0.29) is 11.9 Å². The Kier molecular flexibility index (Phi) is 10.1. The van der Waals surface area contributed by atoms with Crippen molar-refractivity contribution in [1.82, 2.24) is 20.9 Å². The number of likely N-dealkylation sites (tertiary alicyclic amines) is 1. The molecule has 0 spiro atoms. The molecule has 0 aliphatic carbocycles. The number of carbonyl (C=O) groups is 2. The predicted octanol–water partition coefficient (Wildman–Crippen LogP) is 1.03. The molecule has 1 saturated heterocycles. The van der Waals surface area contributed by atoms with Gasteiger partial charge >= 0.3 is 6.03 Å². The van der Waals surface area contributed by atoms with Gasteiger partial charge in [-0.25, -0.2) is 4.79 Å². The second-order valence-corrected chi connectivity index (χ2v) is 6.99. The Morgan fingerprint density at radius 2 is 1.73 bits per heavy atom. The van der Waals surface area contributed by atoms with Gasteiger partial charge in [-0.3, -0.25) is 4.79 Å². The molecule has 1 aliphatic rings. The molecule has 3 N–H and O–H groups in total. The molecule has 1 fully saturated rings. The van der Waals surface area contributed by atoms with Crippen molar-refractivity contribution < 1.29 is 9.59 Å². The maximum atomic E-state index is 11.5. The van der Waals surface area contributed by atoms with Gasteiger partial charge in [0.25, 0.3) is 0 Å². The predicted molar refractivity (Wildman–Crippen MR) is 92.3 cm³/mol. The van der Waals surface area contributed by atoms with Crippen LogP contribution in [0.1, 0.15) is 33.1 Å². The summed E-state index contributed by atoms with van der Waals surface area (Å²) in [4.78, 5) is 24.6. The van der Waals surface area contributed by atoms with Gasteiger partial charge in [-0.15, -0.1) is 0 Å². The molecule has 0 aromatic carbocycles. The zero-order valence-corrected chi connectivity index (χ0v) is 14.6. The summed E-state index contributed by atoms with van der Waals surface area (Å²) in [7, 11) is 0. The Morgan fingerprint density at radius 1 is 1.09 bits per heavy atom. The maximum Gasteiger partial charge on any atom is 0.314 e. The molecular formula is C15H30N4O2S. The lowest BCUT2D eigenvalue weighted by Crippen LogP contribution is -2.44. The fraction of sp³-hybridized carbons (Fsp3) is 0.867. The average Bonchev–Trinajstić information content (AvgIpc) is 2.50. The Bertz CT molecular complexity index is 334. The lowest BCUT2D eigenvalue weighted by atomic mass is 10.1. The van der Waals surface area contributed by atoms with Crippen molar-refractivity contribution in [1.29, 1.82) is 0 Å². The molecule has 1 heterocycles. The second-order valence-electron chi connectivity index (χ2n) is 5.58. The van der Waals surface area contributed by atoms with Crippen LogP contribution in [0.2, 0.25) is 0 Å². The molecule has 0 radical (unpaired) electrons. The molecular weight excluding hydrogens is 300 g/mol. The smallest absolute Gasteiger partial charge is 0.314 e. The van der Waals surface area contributed by atoms with Crippen molar-refractivity contribution in [2.45, 2.75) is 38.4 Å². The SMILES string of the molecule is CCCSC1CCN(CCNC(=O)NCCNC(C)=O)CC1. The van der Waals surface area contributed by atoms with Crippen molar-refractivity contribution in [2.75, 3.05) is 45.0 Å². The van der Waals surface area contributed by atoms with E-state index in [0.29, 0.717) is 19.6 Å². The summed E-state index contributed by atoms with van der Waals surface area (Å²) in [5.41, 5.74) is 0. The largest absolute Gasteiger partial charge is 0.355 e. The summed E-state index contributed by atoms with van der Waals surface area (Å²) >= 11 is 2.11. The summed E-state index contributed by atoms with van der Waals surface area (Å²) < 4.78 is 0. The normalized spacial score (nSPS) is 16.3. The molecule has 22 heavy (non-hydrogen) atoms. The average molecular weight is 330 g/mol. The first-order chi connectivity index (χ1) is 10.6. The zero-order valence-electron chi connectivity index (χ0n) is 13.8. The number of piperidine rings is 1. The minimum atomic E-state index is -0.168. The molecule has 6 nitrogen and oxygen atoms in total. The molecule has 7 heteroatoms. The number of urea groups is 1. The highest BCUT2D eigenvalue weighted by Crippen LogP contribution is 2.23. The molecule has 0 aromatic heterocycles. The number of rotatable bonds is 9. The highest BCUT2D eigenvalue weighted by atomic mass is 32.2. The number of hydrogen-bond donors (Lipinski definition) is 3. The van der Waals surface area contributed by atoms with Crippen molar-refractivity contribution in [3.63, 3.8) is 0 Å². The number of amides is 3. The minimum Gasteiger partial charge on any atom is -0.355 e. The van der Waals surface area contributed by atoms with E-state index in [1.54, 1.807) is 0 Å². The van der Waals surface area contributed by atoms with Crippen molar-refractivity contribution in [2.24, 2.45) is 0 Å². The fourth-order valence-corrected chi connectivity index (χ4v) is 3.50. The molecule has 0 atom stereocenters. The molecule has 0 aromatic rings. The standard InChI is InChI=1S/C15H30N4O2S/c1-3-12-22-14-4-9-19(10-5-14)11-8-18-15(21)17-7-6-16-13(2)20/h14H,3-12H2,1-2H3,(H,16,20)(H2,17,18,21). The summed E-state index contributed by atoms with van der Waals surface area (Å²) in [5.74, 6) is 1.19. The summed E-state index contributed by atoms with van der Waals surface area (Å²) in [6.07, 6.45) is 3.77. The highest BCUT2D eigenvalue weighted by Gasteiger charge is 2.18. The van der Waals surface area contributed by atoms with Gasteiger partial charge < -0.3 is 20.9 Å². The summed E-state index contributed by atoms with van der Waals surface area (Å²) in [6, 6.07) is -0.168. The quantitative estimate of drug-likeness (QED) is 0.552. The Morgan fingerprint density at radius 3 is 2.36 bits per heavy atom. The topological polar surface area (TPSA) is 73.5 Å². The van der Waals surface area contributed by atoms with Crippen molar-refractivity contribution in [3.05, 3.63) is 0 Å². The van der Waals surface area contributed by atoms with Gasteiger partial charge in [-0.2, -0.15) is 11.8 Å². The van der Waals surface area contributed by atoms with Gasteiger partial charge in [-0.05, 0) is 38.1 Å². The van der Waals surface area contributed by atoms with Gasteiger partial charge in [0.05, 0.1) is 0 Å². The van der Waals surface area contributed by atoms with Gasteiger partial charge in [0.2, 0.25) is 5.91 Å². The maximum absolute atomic E-state index is 11.5. The van der Waals surface area contributed by atoms with Crippen molar-refractivity contribution >= 4 is 23.7 Å². The third-order valence-corrected chi connectivity index (χ3v) is 5.18. The molecule has 0 saturated carbocycles. The first kappa shape index (κ1) is 19.1. The van der Waals surface area contributed by atoms with Crippen LogP contribution in [-0.2, 0) is 4.79 Å². The lowest BCUT2D eigenvalue weighted by Gasteiger charge is -2.31. The van der Waals surface area contributed by atoms with Crippen LogP contribution < -0.4 is 16.0 Å². The molecule has 0 bridgehead atoms. The molecule has 1 rings (SSSR count). The third kappa shape index (κ3) is 9.15. The number of nitrogens with one attached hydrogen (secondary N) is 3. The van der Waals surface area contributed by atoms with Crippen LogP contribution in [-0.4, -0.2) is 67.1 Å². The molecule has 128 valence electrons. The van der Waals surface area contributed by atoms with Gasteiger partial charge in [-0.1, -0.05) is 6.92 Å². The molecule has 1 aliphatic heterocycles. The monoisotopic (exact) mass is 330 g/mol. The first-order valence-electron chi connectivity index (χ1n) is 8.22. The van der Waals surface area contributed by atoms with E-state index < -0.39 is 0 Å². The fourth-order valence-electron chi connectivity index (χ4n) is 2.39. The highest BCUT2D eigenvalue weighted by molar-refractivity contribution is 7.99. The van der Waals surface area contributed by atoms with Crippen molar-refractivity contribution in [3.8, 4) is 0 Å². The first-order valence-corrected chi connectivity index (χ1v) is 9.26. The molecule has 3 amide bonds. The Labute approximate surface area is 138 Å². The lowest BCUT2D eigenvalue weighted by molar-refractivity contribution is -0.118. The van der Waals surface area contributed by atoms with Crippen LogP contribution in [0.25, 0.3) is 0 Å². The summed E-state index contributed by atoms with van der Waals surface area (Å²) in [6.45, 7) is 8.44. The van der Waals surface area contributed by atoms with E-state index in [2.05, 4.69) is 39.5 Å². The number of carbonyl (C=O) groups excluding carboxylic acids is 2. The van der Waals surface area contributed by atoms with E-state index in [1.807, 2.05) is 0 Å². The van der Waals surface area contributed by atoms with E-state index in [9.17, 15) is 9.59 Å². The van der Waals surface area contributed by atoms with Crippen LogP contribution >= 0.6 is 11.8 Å². The Hall–Kier alpha value is -0.950. The van der Waals surface area contributed by atoms with Gasteiger partial charge in [0.1, 0.15) is 0 Å². The third-order valence-electron chi connectivity index (χ3n) is 3.59. The second kappa shape index (κ2) is 11.6. The van der Waals surface area contributed by atoms with E-state index in [0.717, 1.165) is 24.9 Å². The number of thioether (sulfide) groups is 1. The van der Waals surface area contributed by atoms with E-state index >= 15 is 0 Å².